The van der Waals surface area contributed by atoms with Crippen LogP contribution in [-0.2, 0) is 11.2 Å². The van der Waals surface area contributed by atoms with Crippen molar-refractivity contribution < 1.29 is 14.7 Å². The molecule has 18 heavy (non-hydrogen) atoms. The van der Waals surface area contributed by atoms with Gasteiger partial charge in [0.15, 0.2) is 0 Å². The molecule has 0 saturated heterocycles. The molecule has 3 N–H and O–H groups in total. The first-order valence-corrected chi connectivity index (χ1v) is 4.86. The van der Waals surface area contributed by atoms with Gasteiger partial charge in [-0.3, -0.25) is 14.6 Å². The zero-order valence-electron chi connectivity index (χ0n) is 8.99. The number of amides is 1. The van der Waals surface area contributed by atoms with Crippen molar-refractivity contribution >= 4 is 17.6 Å². The van der Waals surface area contributed by atoms with E-state index in [0.29, 0.717) is 11.4 Å². The molecule has 2 aromatic rings. The fraction of sp³-hybridized carbons (Fsp3) is 0.111. The standard InChI is InChI=1S/C9H8N6O3/c16-7(17)3-5-1-2-6(4-10-5)11-9(18)8-12-14-15-13-8/h1-2,4H,3H2,(H,11,18)(H,16,17)(H,12,13,14,15). The highest BCUT2D eigenvalue weighted by molar-refractivity contribution is 6.01. The third-order valence-electron chi connectivity index (χ3n) is 1.96. The van der Waals surface area contributed by atoms with Gasteiger partial charge in [-0.05, 0) is 17.3 Å². The van der Waals surface area contributed by atoms with Gasteiger partial charge in [0, 0.05) is 0 Å². The highest BCUT2D eigenvalue weighted by Gasteiger charge is 2.11. The maximum Gasteiger partial charge on any atom is 0.309 e. The average Bonchev–Trinajstić information content (AvgIpc) is 2.84. The Kier molecular flexibility index (Phi) is 3.23. The first kappa shape index (κ1) is 11.6. The summed E-state index contributed by atoms with van der Waals surface area (Å²) in [4.78, 5) is 25.9. The lowest BCUT2D eigenvalue weighted by molar-refractivity contribution is -0.136. The number of carbonyl (C=O) groups excluding carboxylic acids is 1. The van der Waals surface area contributed by atoms with Crippen LogP contribution in [0.25, 0.3) is 0 Å². The van der Waals surface area contributed by atoms with Crippen LogP contribution in [-0.4, -0.2) is 42.6 Å². The Morgan fingerprint density at radius 3 is 2.78 bits per heavy atom. The molecule has 0 spiro atoms. The molecule has 2 aromatic heterocycles. The second kappa shape index (κ2) is 4.99. The van der Waals surface area contributed by atoms with Crippen molar-refractivity contribution in [2.75, 3.05) is 5.32 Å². The minimum atomic E-state index is -0.967. The molecule has 0 aromatic carbocycles. The van der Waals surface area contributed by atoms with Crippen LogP contribution in [0.4, 0.5) is 5.69 Å². The van der Waals surface area contributed by atoms with Gasteiger partial charge in [0.05, 0.1) is 24.0 Å². The van der Waals surface area contributed by atoms with Gasteiger partial charge in [-0.1, -0.05) is 0 Å². The smallest absolute Gasteiger partial charge is 0.309 e. The lowest BCUT2D eigenvalue weighted by Gasteiger charge is -2.02. The molecular formula is C9H8N6O3. The van der Waals surface area contributed by atoms with Crippen LogP contribution in [0.1, 0.15) is 16.3 Å². The number of H-pyrrole nitrogens is 1. The van der Waals surface area contributed by atoms with E-state index < -0.39 is 11.9 Å². The Hall–Kier alpha value is -2.84. The number of carboxylic acid groups (broad SMARTS) is 1. The van der Waals surface area contributed by atoms with E-state index in [1.54, 1.807) is 6.07 Å². The Morgan fingerprint density at radius 2 is 2.22 bits per heavy atom. The van der Waals surface area contributed by atoms with Gasteiger partial charge in [0.2, 0.25) is 0 Å². The van der Waals surface area contributed by atoms with Crippen LogP contribution in [0.5, 0.6) is 0 Å². The maximum atomic E-state index is 11.5. The van der Waals surface area contributed by atoms with E-state index in [1.165, 1.54) is 12.3 Å². The number of carboxylic acids is 1. The van der Waals surface area contributed by atoms with E-state index in [1.807, 2.05) is 0 Å². The molecule has 0 bridgehead atoms. The molecule has 0 aliphatic heterocycles. The molecule has 2 rings (SSSR count). The highest BCUT2D eigenvalue weighted by Crippen LogP contribution is 2.07. The fourth-order valence-electron chi connectivity index (χ4n) is 1.20. The molecule has 0 saturated carbocycles. The van der Waals surface area contributed by atoms with Crippen LogP contribution in [0, 0.1) is 0 Å². The van der Waals surface area contributed by atoms with Crippen LogP contribution in [0.2, 0.25) is 0 Å². The highest BCUT2D eigenvalue weighted by atomic mass is 16.4. The number of tetrazole rings is 1. The summed E-state index contributed by atoms with van der Waals surface area (Å²) in [5, 5.41) is 23.5. The number of aromatic nitrogens is 5. The summed E-state index contributed by atoms with van der Waals surface area (Å²) in [5.41, 5.74) is 0.819. The van der Waals surface area contributed by atoms with E-state index >= 15 is 0 Å². The number of aromatic amines is 1. The summed E-state index contributed by atoms with van der Waals surface area (Å²) in [6, 6.07) is 3.06. The third-order valence-corrected chi connectivity index (χ3v) is 1.96. The van der Waals surface area contributed by atoms with Crippen molar-refractivity contribution in [2.45, 2.75) is 6.42 Å². The molecule has 9 heteroatoms. The molecular weight excluding hydrogens is 240 g/mol. The molecule has 0 unspecified atom stereocenters. The number of anilines is 1. The Morgan fingerprint density at radius 1 is 1.39 bits per heavy atom. The predicted molar refractivity (Wildman–Crippen MR) is 57.7 cm³/mol. The Balaban J connectivity index is 2.02. The number of nitrogens with one attached hydrogen (secondary N) is 2. The maximum absolute atomic E-state index is 11.5. The first-order valence-electron chi connectivity index (χ1n) is 4.86. The van der Waals surface area contributed by atoms with Gasteiger partial charge in [-0.15, -0.1) is 10.2 Å². The monoisotopic (exact) mass is 248 g/mol. The van der Waals surface area contributed by atoms with Crippen LogP contribution in [0.3, 0.4) is 0 Å². The molecule has 92 valence electrons. The number of pyridine rings is 1. The summed E-state index contributed by atoms with van der Waals surface area (Å²) in [6.45, 7) is 0. The molecule has 2 heterocycles. The van der Waals surface area contributed by atoms with E-state index in [4.69, 9.17) is 5.11 Å². The summed E-state index contributed by atoms with van der Waals surface area (Å²) in [6.07, 6.45) is 1.19. The normalized spacial score (nSPS) is 10.0. The van der Waals surface area contributed by atoms with Crippen LogP contribution < -0.4 is 5.32 Å². The molecule has 9 nitrogen and oxygen atoms in total. The number of hydrogen-bond donors (Lipinski definition) is 3. The SMILES string of the molecule is O=C(O)Cc1ccc(NC(=O)c2nn[nH]n2)cn1. The van der Waals surface area contributed by atoms with Crippen molar-refractivity contribution in [2.24, 2.45) is 0 Å². The molecule has 1 amide bonds. The third kappa shape index (κ3) is 2.84. The predicted octanol–water partition coefficient (Wildman–Crippen LogP) is -0.526. The minimum Gasteiger partial charge on any atom is -0.481 e. The Labute approximate surface area is 100 Å². The van der Waals surface area contributed by atoms with Crippen LogP contribution in [0.15, 0.2) is 18.3 Å². The first-order chi connectivity index (χ1) is 8.65. The zero-order chi connectivity index (χ0) is 13.0. The van der Waals surface area contributed by atoms with Gasteiger partial charge >= 0.3 is 5.97 Å². The van der Waals surface area contributed by atoms with Crippen molar-refractivity contribution in [3.05, 3.63) is 29.8 Å². The molecule has 0 aliphatic carbocycles. The van der Waals surface area contributed by atoms with Crippen molar-refractivity contribution in [1.82, 2.24) is 25.6 Å². The quantitative estimate of drug-likeness (QED) is 0.662. The number of rotatable bonds is 4. The van der Waals surface area contributed by atoms with Gasteiger partial charge in [0.25, 0.3) is 11.7 Å². The largest absolute Gasteiger partial charge is 0.481 e. The molecule has 0 aliphatic rings. The van der Waals surface area contributed by atoms with Crippen LogP contribution >= 0.6 is 0 Å². The lowest BCUT2D eigenvalue weighted by Crippen LogP contribution is -2.14. The molecule has 0 atom stereocenters. The average molecular weight is 248 g/mol. The minimum absolute atomic E-state index is 0.0930. The summed E-state index contributed by atoms with van der Waals surface area (Å²) < 4.78 is 0. The van der Waals surface area contributed by atoms with E-state index in [2.05, 4.69) is 30.9 Å². The second-order valence-corrected chi connectivity index (χ2v) is 3.30. The lowest BCUT2D eigenvalue weighted by atomic mass is 10.2. The fourth-order valence-corrected chi connectivity index (χ4v) is 1.20. The van der Waals surface area contributed by atoms with E-state index in [-0.39, 0.29) is 12.2 Å². The number of hydrogen-bond acceptors (Lipinski definition) is 6. The number of aliphatic carboxylic acids is 1. The number of nitrogens with zero attached hydrogens (tertiary/aromatic N) is 4. The Bertz CT molecular complexity index is 550. The van der Waals surface area contributed by atoms with Gasteiger partial charge in [-0.25, -0.2) is 0 Å². The summed E-state index contributed by atoms with van der Waals surface area (Å²) in [7, 11) is 0. The topological polar surface area (TPSA) is 134 Å². The summed E-state index contributed by atoms with van der Waals surface area (Å²) in [5.74, 6) is -1.59. The van der Waals surface area contributed by atoms with Gasteiger partial charge < -0.3 is 10.4 Å². The van der Waals surface area contributed by atoms with Gasteiger partial charge in [-0.2, -0.15) is 5.21 Å². The van der Waals surface area contributed by atoms with Crippen molar-refractivity contribution in [1.29, 1.82) is 0 Å². The molecule has 0 fully saturated rings. The zero-order valence-corrected chi connectivity index (χ0v) is 8.99. The van der Waals surface area contributed by atoms with E-state index in [9.17, 15) is 9.59 Å². The summed E-state index contributed by atoms with van der Waals surface area (Å²) >= 11 is 0. The second-order valence-electron chi connectivity index (χ2n) is 3.30. The van der Waals surface area contributed by atoms with Crippen molar-refractivity contribution in [3.63, 3.8) is 0 Å². The molecule has 0 radical (unpaired) electrons. The number of carbonyl (C=O) groups is 2. The van der Waals surface area contributed by atoms with Crippen molar-refractivity contribution in [3.8, 4) is 0 Å². The van der Waals surface area contributed by atoms with E-state index in [0.717, 1.165) is 0 Å². The van der Waals surface area contributed by atoms with Gasteiger partial charge in [0.1, 0.15) is 0 Å².